The van der Waals surface area contributed by atoms with Crippen molar-refractivity contribution in [2.75, 3.05) is 0 Å². The maximum absolute atomic E-state index is 12.2. The molecule has 0 fully saturated rings. The molecule has 2 N–H and O–H groups in total. The fourth-order valence-corrected chi connectivity index (χ4v) is 1.59. The molecule has 0 radical (unpaired) electrons. The lowest BCUT2D eigenvalue weighted by molar-refractivity contribution is -0.145. The van der Waals surface area contributed by atoms with Crippen molar-refractivity contribution in [3.05, 3.63) is 12.3 Å². The number of aliphatic hydroxyl groups excluding tert-OH is 1. The summed E-state index contributed by atoms with van der Waals surface area (Å²) in [6.45, 7) is 8.58. The molecule has 8 nitrogen and oxygen atoms in total. The quantitative estimate of drug-likeness (QED) is 0.765. The van der Waals surface area contributed by atoms with Gasteiger partial charge in [0.15, 0.2) is 0 Å². The first-order chi connectivity index (χ1) is 10.1. The van der Waals surface area contributed by atoms with Gasteiger partial charge in [-0.1, -0.05) is 13.8 Å². The van der Waals surface area contributed by atoms with Crippen LogP contribution < -0.4 is 10.1 Å². The van der Waals surface area contributed by atoms with Crippen LogP contribution in [-0.4, -0.2) is 40.1 Å². The van der Waals surface area contributed by atoms with Crippen LogP contribution in [0.4, 0.5) is 4.79 Å². The number of hydrogen-bond acceptors (Lipinski definition) is 7. The van der Waals surface area contributed by atoms with Crippen LogP contribution in [0.5, 0.6) is 5.88 Å². The van der Waals surface area contributed by atoms with Crippen molar-refractivity contribution in [1.82, 2.24) is 10.5 Å². The summed E-state index contributed by atoms with van der Waals surface area (Å²) in [5.74, 6) is -1.000. The Balaban J connectivity index is 2.69. The lowest BCUT2D eigenvalue weighted by Gasteiger charge is -2.26. The number of hydrogen-bond donors (Lipinski definition) is 2. The predicted molar refractivity (Wildman–Crippen MR) is 76.1 cm³/mol. The molecule has 1 unspecified atom stereocenters. The van der Waals surface area contributed by atoms with E-state index in [1.54, 1.807) is 34.6 Å². The van der Waals surface area contributed by atoms with Gasteiger partial charge < -0.3 is 24.4 Å². The lowest BCUT2D eigenvalue weighted by atomic mass is 9.99. The van der Waals surface area contributed by atoms with Crippen molar-refractivity contribution < 1.29 is 28.7 Å². The second-order valence-corrected chi connectivity index (χ2v) is 6.08. The third-order valence-corrected chi connectivity index (χ3v) is 2.54. The van der Waals surface area contributed by atoms with Gasteiger partial charge in [0.25, 0.3) is 12.2 Å². The van der Waals surface area contributed by atoms with E-state index in [9.17, 15) is 14.7 Å². The number of ether oxygens (including phenoxy) is 2. The van der Waals surface area contributed by atoms with Crippen LogP contribution in [0.1, 0.15) is 34.6 Å². The van der Waals surface area contributed by atoms with Crippen molar-refractivity contribution in [1.29, 1.82) is 0 Å². The molecule has 124 valence electrons. The second-order valence-electron chi connectivity index (χ2n) is 6.08. The Bertz CT molecular complexity index is 492. The van der Waals surface area contributed by atoms with Crippen LogP contribution in [0, 0.1) is 5.92 Å². The number of aliphatic hydroxyl groups is 1. The molecule has 0 spiro atoms. The van der Waals surface area contributed by atoms with Crippen LogP contribution >= 0.6 is 0 Å². The molecule has 0 saturated heterocycles. The van der Waals surface area contributed by atoms with Crippen LogP contribution in [0.2, 0.25) is 0 Å². The molecule has 1 aromatic rings. The number of nitrogens with zero attached hydrogens (tertiary/aromatic N) is 1. The highest BCUT2D eigenvalue weighted by atomic mass is 16.6. The fraction of sp³-hybridized carbons (Fsp3) is 0.643. The molecule has 0 saturated carbocycles. The van der Waals surface area contributed by atoms with Gasteiger partial charge in [-0.05, 0) is 31.8 Å². The second kappa shape index (κ2) is 7.26. The number of aromatic nitrogens is 1. The van der Waals surface area contributed by atoms with E-state index in [-0.39, 0.29) is 11.8 Å². The minimum Gasteiger partial charge on any atom is -0.444 e. The normalized spacial score (nSPS) is 14.3. The van der Waals surface area contributed by atoms with Crippen molar-refractivity contribution >= 4 is 11.9 Å². The van der Waals surface area contributed by atoms with Gasteiger partial charge in [-0.15, -0.1) is 0 Å². The Morgan fingerprint density at radius 2 is 2.00 bits per heavy atom. The van der Waals surface area contributed by atoms with E-state index in [0.717, 1.165) is 0 Å². The van der Waals surface area contributed by atoms with Gasteiger partial charge >= 0.3 is 6.09 Å². The summed E-state index contributed by atoms with van der Waals surface area (Å²) >= 11 is 0. The number of ketones is 1. The van der Waals surface area contributed by atoms with Gasteiger partial charge in [0, 0.05) is 6.07 Å². The number of carbonyl (C=O) groups excluding carboxylic acids is 2. The lowest BCUT2D eigenvalue weighted by Crippen LogP contribution is -2.51. The maximum Gasteiger partial charge on any atom is 0.408 e. The first-order valence-electron chi connectivity index (χ1n) is 6.88. The molecule has 1 amide bonds. The van der Waals surface area contributed by atoms with E-state index in [1.165, 1.54) is 12.3 Å². The van der Waals surface area contributed by atoms with Gasteiger partial charge in [0.1, 0.15) is 11.9 Å². The minimum atomic E-state index is -1.77. The number of carbonyl (C=O) groups is 2. The SMILES string of the molecule is CC(C)[C@H](NC(=O)OC(C)(C)C)C(=O)C(O)Oc1ccon1. The van der Waals surface area contributed by atoms with Crippen LogP contribution in [0.25, 0.3) is 0 Å². The molecule has 0 aliphatic rings. The zero-order valence-corrected chi connectivity index (χ0v) is 13.3. The number of Topliss-reactive ketones (excluding diaryl/α,β-unsaturated/α-hetero) is 1. The van der Waals surface area contributed by atoms with Crippen molar-refractivity contribution in [2.45, 2.75) is 52.6 Å². The van der Waals surface area contributed by atoms with Crippen LogP contribution in [0.3, 0.4) is 0 Å². The highest BCUT2D eigenvalue weighted by Crippen LogP contribution is 2.13. The van der Waals surface area contributed by atoms with Crippen molar-refractivity contribution in [3.63, 3.8) is 0 Å². The maximum atomic E-state index is 12.2. The molecule has 0 bridgehead atoms. The average Bonchev–Trinajstić information content (AvgIpc) is 2.85. The summed E-state index contributed by atoms with van der Waals surface area (Å²) in [6.07, 6.45) is -1.27. The van der Waals surface area contributed by atoms with Gasteiger partial charge in [0.05, 0.1) is 6.04 Å². The van der Waals surface area contributed by atoms with Gasteiger partial charge in [-0.2, -0.15) is 0 Å². The molecule has 22 heavy (non-hydrogen) atoms. The number of amides is 1. The summed E-state index contributed by atoms with van der Waals surface area (Å²) < 4.78 is 14.6. The number of nitrogens with one attached hydrogen (secondary N) is 1. The third-order valence-electron chi connectivity index (χ3n) is 2.54. The third kappa shape index (κ3) is 5.72. The summed E-state index contributed by atoms with van der Waals surface area (Å²) in [5.41, 5.74) is -0.690. The Morgan fingerprint density at radius 1 is 1.36 bits per heavy atom. The van der Waals surface area contributed by atoms with E-state index < -0.39 is 29.8 Å². The largest absolute Gasteiger partial charge is 0.444 e. The summed E-state index contributed by atoms with van der Waals surface area (Å²) in [6, 6.07) is 0.388. The molecule has 1 heterocycles. The molecule has 0 aromatic carbocycles. The highest BCUT2D eigenvalue weighted by molar-refractivity contribution is 5.90. The predicted octanol–water partition coefficient (Wildman–Crippen LogP) is 1.49. The van der Waals surface area contributed by atoms with Gasteiger partial charge in [-0.25, -0.2) is 4.79 Å². The summed E-state index contributed by atoms with van der Waals surface area (Å²) in [7, 11) is 0. The summed E-state index contributed by atoms with van der Waals surface area (Å²) in [5, 5.41) is 15.7. The van der Waals surface area contributed by atoms with E-state index in [2.05, 4.69) is 15.0 Å². The number of alkyl carbamates (subject to hydrolysis) is 1. The molecule has 0 aliphatic carbocycles. The first kappa shape index (κ1) is 18.0. The average molecular weight is 314 g/mol. The first-order valence-corrected chi connectivity index (χ1v) is 6.88. The minimum absolute atomic E-state index is 0.0272. The van der Waals surface area contributed by atoms with Crippen LogP contribution in [-0.2, 0) is 9.53 Å². The molecule has 1 rings (SSSR count). The number of rotatable bonds is 6. The molecule has 8 heteroatoms. The molecule has 0 aliphatic heterocycles. The standard InChI is InChI=1S/C14H22N2O6/c1-8(2)10(15-13(19)22-14(3,4)5)11(17)12(18)21-9-6-7-20-16-9/h6-8,10,12,18H,1-5H3,(H,15,19)/t10-,12?/m0/s1. The molecular weight excluding hydrogens is 292 g/mol. The Morgan fingerprint density at radius 3 is 2.45 bits per heavy atom. The zero-order chi connectivity index (χ0) is 16.9. The Labute approximate surface area is 128 Å². The fourth-order valence-electron chi connectivity index (χ4n) is 1.59. The van der Waals surface area contributed by atoms with E-state index >= 15 is 0 Å². The van der Waals surface area contributed by atoms with E-state index in [4.69, 9.17) is 9.47 Å². The van der Waals surface area contributed by atoms with Crippen LogP contribution in [0.15, 0.2) is 16.9 Å². The smallest absolute Gasteiger partial charge is 0.408 e. The Hall–Kier alpha value is -2.09. The summed E-state index contributed by atoms with van der Waals surface area (Å²) in [4.78, 5) is 24.0. The molecular formula is C14H22N2O6. The van der Waals surface area contributed by atoms with Gasteiger partial charge in [0.2, 0.25) is 5.78 Å². The van der Waals surface area contributed by atoms with Gasteiger partial charge in [-0.3, -0.25) is 4.79 Å². The molecule has 1 aromatic heterocycles. The van der Waals surface area contributed by atoms with E-state index in [1.807, 2.05) is 0 Å². The Kier molecular flexibility index (Phi) is 5.92. The monoisotopic (exact) mass is 314 g/mol. The zero-order valence-electron chi connectivity index (χ0n) is 13.3. The van der Waals surface area contributed by atoms with Crippen molar-refractivity contribution in [3.8, 4) is 5.88 Å². The van der Waals surface area contributed by atoms with Crippen molar-refractivity contribution in [2.24, 2.45) is 5.92 Å². The topological polar surface area (TPSA) is 111 Å². The van der Waals surface area contributed by atoms with E-state index in [0.29, 0.717) is 0 Å². The molecule has 2 atom stereocenters. The highest BCUT2D eigenvalue weighted by Gasteiger charge is 2.32.